The third-order valence-corrected chi connectivity index (χ3v) is 3.72. The predicted octanol–water partition coefficient (Wildman–Crippen LogP) is 3.54. The average molecular weight is 355 g/mol. The Kier molecular flexibility index (Phi) is 4.39. The minimum atomic E-state index is -1.35. The molecule has 3 nitrogen and oxygen atoms in total. The number of halogens is 3. The van der Waals surface area contributed by atoms with Crippen LogP contribution in [0.25, 0.3) is 0 Å². The molecule has 0 heterocycles. The zero-order valence-electron chi connectivity index (χ0n) is 11.2. The smallest absolute Gasteiger partial charge is 0.248 e. The zero-order valence-corrected chi connectivity index (χ0v) is 12.7. The summed E-state index contributed by atoms with van der Waals surface area (Å²) in [6.45, 7) is 1.52. The molecule has 110 valence electrons. The quantitative estimate of drug-likeness (QED) is 0.885. The minimum Gasteiger partial charge on any atom is -0.321 e. The van der Waals surface area contributed by atoms with Gasteiger partial charge in [0.1, 0.15) is 11.4 Å². The van der Waals surface area contributed by atoms with Crippen LogP contribution in [0.2, 0.25) is 0 Å². The number of anilines is 1. The molecular weight excluding hydrogens is 342 g/mol. The van der Waals surface area contributed by atoms with Gasteiger partial charge in [-0.3, -0.25) is 4.79 Å². The van der Waals surface area contributed by atoms with E-state index in [9.17, 15) is 13.6 Å². The molecule has 0 aliphatic heterocycles. The van der Waals surface area contributed by atoms with Crippen LogP contribution in [0.5, 0.6) is 0 Å². The standard InChI is InChI=1S/C15H13BrF2N2O/c1-15(19,9-5-3-2-4-6-9)14(21)20-13-11(16)7-10(17)8-12(13)18/h2-8H,19H2,1H3,(H,20,21). The minimum absolute atomic E-state index is 0.109. The van der Waals surface area contributed by atoms with Crippen molar-refractivity contribution in [2.45, 2.75) is 12.5 Å². The lowest BCUT2D eigenvalue weighted by atomic mass is 9.92. The van der Waals surface area contributed by atoms with Crippen LogP contribution >= 0.6 is 15.9 Å². The first-order valence-corrected chi connectivity index (χ1v) is 6.92. The number of nitrogens with two attached hydrogens (primary N) is 1. The molecule has 6 heteroatoms. The molecule has 0 aliphatic rings. The van der Waals surface area contributed by atoms with Gasteiger partial charge >= 0.3 is 0 Å². The number of benzene rings is 2. The maximum absolute atomic E-state index is 13.7. The lowest BCUT2D eigenvalue weighted by Gasteiger charge is -2.24. The molecule has 21 heavy (non-hydrogen) atoms. The van der Waals surface area contributed by atoms with Gasteiger partial charge in [0, 0.05) is 10.5 Å². The normalized spacial score (nSPS) is 13.6. The van der Waals surface area contributed by atoms with E-state index in [-0.39, 0.29) is 10.2 Å². The molecule has 2 aromatic carbocycles. The Labute approximate surface area is 129 Å². The van der Waals surface area contributed by atoms with Crippen molar-refractivity contribution in [1.82, 2.24) is 0 Å². The van der Waals surface area contributed by atoms with Gasteiger partial charge in [0.05, 0.1) is 5.69 Å². The molecule has 0 fully saturated rings. The van der Waals surface area contributed by atoms with Crippen LogP contribution in [-0.4, -0.2) is 5.91 Å². The number of amides is 1. The van der Waals surface area contributed by atoms with Crippen LogP contribution in [0, 0.1) is 11.6 Å². The van der Waals surface area contributed by atoms with Gasteiger partial charge in [-0.2, -0.15) is 0 Å². The molecule has 0 saturated carbocycles. The molecule has 0 saturated heterocycles. The van der Waals surface area contributed by atoms with Crippen molar-refractivity contribution in [3.63, 3.8) is 0 Å². The van der Waals surface area contributed by atoms with E-state index in [1.807, 2.05) is 0 Å². The zero-order chi connectivity index (χ0) is 15.6. The largest absolute Gasteiger partial charge is 0.321 e. The highest BCUT2D eigenvalue weighted by Crippen LogP contribution is 2.28. The van der Waals surface area contributed by atoms with Gasteiger partial charge < -0.3 is 11.1 Å². The van der Waals surface area contributed by atoms with Crippen LogP contribution in [0.3, 0.4) is 0 Å². The number of carbonyl (C=O) groups is 1. The van der Waals surface area contributed by atoms with Gasteiger partial charge in [-0.05, 0) is 34.5 Å². The molecule has 2 rings (SSSR count). The highest BCUT2D eigenvalue weighted by Gasteiger charge is 2.31. The second-order valence-corrected chi connectivity index (χ2v) is 5.62. The molecule has 2 aromatic rings. The maximum atomic E-state index is 13.7. The number of hydrogen-bond donors (Lipinski definition) is 2. The fourth-order valence-corrected chi connectivity index (χ4v) is 2.33. The Bertz CT molecular complexity index is 652. The molecule has 0 bridgehead atoms. The fourth-order valence-electron chi connectivity index (χ4n) is 1.82. The highest BCUT2D eigenvalue weighted by molar-refractivity contribution is 9.10. The summed E-state index contributed by atoms with van der Waals surface area (Å²) in [5.74, 6) is -2.21. The Morgan fingerprint density at radius 2 is 1.86 bits per heavy atom. The van der Waals surface area contributed by atoms with Crippen LogP contribution in [-0.2, 0) is 10.3 Å². The molecule has 0 spiro atoms. The van der Waals surface area contributed by atoms with Gasteiger partial charge in [0.2, 0.25) is 5.91 Å². The van der Waals surface area contributed by atoms with Crippen LogP contribution in [0.1, 0.15) is 12.5 Å². The first-order chi connectivity index (χ1) is 9.82. The second kappa shape index (κ2) is 5.91. The van der Waals surface area contributed by atoms with Gasteiger partial charge in [0.25, 0.3) is 0 Å². The Hall–Kier alpha value is -1.79. The van der Waals surface area contributed by atoms with E-state index in [2.05, 4.69) is 21.2 Å². The summed E-state index contributed by atoms with van der Waals surface area (Å²) >= 11 is 3.01. The van der Waals surface area contributed by atoms with E-state index in [1.165, 1.54) is 6.92 Å². The molecule has 1 amide bonds. The summed E-state index contributed by atoms with van der Waals surface area (Å²) < 4.78 is 26.9. The van der Waals surface area contributed by atoms with Crippen LogP contribution in [0.4, 0.5) is 14.5 Å². The molecule has 3 N–H and O–H groups in total. The maximum Gasteiger partial charge on any atom is 0.248 e. The third kappa shape index (κ3) is 3.28. The summed E-state index contributed by atoms with van der Waals surface area (Å²) in [5.41, 5.74) is 5.13. The summed E-state index contributed by atoms with van der Waals surface area (Å²) in [6.07, 6.45) is 0. The Balaban J connectivity index is 2.30. The lowest BCUT2D eigenvalue weighted by molar-refractivity contribution is -0.120. The monoisotopic (exact) mass is 354 g/mol. The van der Waals surface area contributed by atoms with Gasteiger partial charge in [-0.15, -0.1) is 0 Å². The van der Waals surface area contributed by atoms with E-state index >= 15 is 0 Å². The average Bonchev–Trinajstić information content (AvgIpc) is 2.43. The Morgan fingerprint density at radius 3 is 2.43 bits per heavy atom. The molecule has 1 atom stereocenters. The van der Waals surface area contributed by atoms with E-state index in [0.29, 0.717) is 11.6 Å². The van der Waals surface area contributed by atoms with Crippen molar-refractivity contribution in [2.24, 2.45) is 5.73 Å². The van der Waals surface area contributed by atoms with Gasteiger partial charge in [-0.25, -0.2) is 8.78 Å². The van der Waals surface area contributed by atoms with E-state index in [4.69, 9.17) is 5.73 Å². The summed E-state index contributed by atoms with van der Waals surface area (Å²) in [7, 11) is 0. The molecule has 0 radical (unpaired) electrons. The highest BCUT2D eigenvalue weighted by atomic mass is 79.9. The van der Waals surface area contributed by atoms with E-state index in [1.54, 1.807) is 30.3 Å². The Morgan fingerprint density at radius 1 is 1.24 bits per heavy atom. The molecule has 0 aromatic heterocycles. The molecular formula is C15H13BrF2N2O. The third-order valence-electron chi connectivity index (χ3n) is 3.09. The number of rotatable bonds is 3. The fraction of sp³-hybridized carbons (Fsp3) is 0.133. The SMILES string of the molecule is CC(N)(C(=O)Nc1c(F)cc(F)cc1Br)c1ccccc1. The van der Waals surface area contributed by atoms with Gasteiger partial charge in [-0.1, -0.05) is 30.3 Å². The predicted molar refractivity (Wildman–Crippen MR) is 80.7 cm³/mol. The number of hydrogen-bond acceptors (Lipinski definition) is 2. The molecule has 1 unspecified atom stereocenters. The summed E-state index contributed by atoms with van der Waals surface area (Å²) in [4.78, 5) is 12.3. The second-order valence-electron chi connectivity index (χ2n) is 4.77. The van der Waals surface area contributed by atoms with Gasteiger partial charge in [0.15, 0.2) is 5.82 Å². The first-order valence-electron chi connectivity index (χ1n) is 6.13. The number of carbonyl (C=O) groups excluding carboxylic acids is 1. The lowest BCUT2D eigenvalue weighted by Crippen LogP contribution is -2.45. The van der Waals surface area contributed by atoms with Crippen molar-refractivity contribution in [3.05, 3.63) is 64.1 Å². The van der Waals surface area contributed by atoms with Crippen molar-refractivity contribution < 1.29 is 13.6 Å². The van der Waals surface area contributed by atoms with Crippen LogP contribution < -0.4 is 11.1 Å². The number of nitrogens with one attached hydrogen (secondary N) is 1. The topological polar surface area (TPSA) is 55.1 Å². The summed E-state index contributed by atoms with van der Waals surface area (Å²) in [6, 6.07) is 10.5. The van der Waals surface area contributed by atoms with Crippen molar-refractivity contribution >= 4 is 27.5 Å². The van der Waals surface area contributed by atoms with Crippen molar-refractivity contribution in [1.29, 1.82) is 0 Å². The van der Waals surface area contributed by atoms with E-state index in [0.717, 1.165) is 6.07 Å². The summed E-state index contributed by atoms with van der Waals surface area (Å²) in [5, 5.41) is 2.39. The van der Waals surface area contributed by atoms with Crippen molar-refractivity contribution in [2.75, 3.05) is 5.32 Å². The first kappa shape index (κ1) is 15.6. The van der Waals surface area contributed by atoms with E-state index < -0.39 is 23.1 Å². The van der Waals surface area contributed by atoms with Crippen LogP contribution in [0.15, 0.2) is 46.9 Å². The van der Waals surface area contributed by atoms with Crippen molar-refractivity contribution in [3.8, 4) is 0 Å². The molecule has 0 aliphatic carbocycles.